The summed E-state index contributed by atoms with van der Waals surface area (Å²) >= 11 is 4.53. The lowest BCUT2D eigenvalue weighted by Gasteiger charge is -2.49. The Morgan fingerprint density at radius 2 is 2.00 bits per heavy atom. The highest BCUT2D eigenvalue weighted by Crippen LogP contribution is 2.41. The SMILES string of the molecule is O=C(Cc1cccs1)N[C@@H]1C(=O)N2C(C(=O)O)=C(CSc3ccccc3)CSC12. The van der Waals surface area contributed by atoms with Gasteiger partial charge in [-0.3, -0.25) is 14.5 Å². The van der Waals surface area contributed by atoms with Crippen LogP contribution in [0.3, 0.4) is 0 Å². The van der Waals surface area contributed by atoms with Crippen LogP contribution in [0.4, 0.5) is 0 Å². The molecule has 2 aromatic rings. The van der Waals surface area contributed by atoms with Crippen molar-refractivity contribution in [2.45, 2.75) is 22.7 Å². The smallest absolute Gasteiger partial charge is 0.352 e. The number of thiophene rings is 1. The molecule has 2 aliphatic heterocycles. The van der Waals surface area contributed by atoms with Crippen molar-refractivity contribution in [3.05, 3.63) is 64.0 Å². The fourth-order valence-corrected chi connectivity index (χ4v) is 6.39. The number of β-lactam (4-membered cyclic amide) rings is 1. The fourth-order valence-electron chi connectivity index (χ4n) is 3.28. The van der Waals surface area contributed by atoms with Gasteiger partial charge in [0.1, 0.15) is 17.1 Å². The Hall–Kier alpha value is -2.23. The quantitative estimate of drug-likeness (QED) is 0.502. The van der Waals surface area contributed by atoms with Gasteiger partial charge in [0, 0.05) is 21.3 Å². The van der Waals surface area contributed by atoms with Gasteiger partial charge in [0.2, 0.25) is 5.91 Å². The molecule has 2 amide bonds. The molecule has 1 unspecified atom stereocenters. The zero-order valence-corrected chi connectivity index (χ0v) is 17.7. The number of nitrogens with zero attached hydrogens (tertiary/aromatic N) is 1. The van der Waals surface area contributed by atoms with Gasteiger partial charge < -0.3 is 10.4 Å². The average molecular weight is 447 g/mol. The highest BCUT2D eigenvalue weighted by molar-refractivity contribution is 8.01. The molecule has 0 aliphatic carbocycles. The summed E-state index contributed by atoms with van der Waals surface area (Å²) in [4.78, 5) is 40.1. The Bertz CT molecular complexity index is 959. The molecule has 1 aromatic heterocycles. The van der Waals surface area contributed by atoms with E-state index >= 15 is 0 Å². The topological polar surface area (TPSA) is 86.7 Å². The van der Waals surface area contributed by atoms with Gasteiger partial charge in [-0.1, -0.05) is 24.3 Å². The second-order valence-electron chi connectivity index (χ2n) is 6.57. The summed E-state index contributed by atoms with van der Waals surface area (Å²) in [6.45, 7) is 0. The number of carboxylic acids is 1. The first-order chi connectivity index (χ1) is 14.0. The lowest BCUT2D eigenvalue weighted by atomic mass is 10.0. The van der Waals surface area contributed by atoms with Crippen LogP contribution in [-0.2, 0) is 20.8 Å². The van der Waals surface area contributed by atoms with Crippen molar-refractivity contribution in [3.8, 4) is 0 Å². The van der Waals surface area contributed by atoms with Gasteiger partial charge in [-0.15, -0.1) is 34.9 Å². The minimum Gasteiger partial charge on any atom is -0.477 e. The molecule has 1 aromatic carbocycles. The van der Waals surface area contributed by atoms with Crippen LogP contribution in [0.2, 0.25) is 0 Å². The summed E-state index contributed by atoms with van der Waals surface area (Å²) in [7, 11) is 0. The van der Waals surface area contributed by atoms with Crippen LogP contribution in [0.15, 0.2) is 64.0 Å². The molecule has 1 fully saturated rings. The summed E-state index contributed by atoms with van der Waals surface area (Å²) in [5.74, 6) is -0.660. The number of carbonyl (C=O) groups is 3. The highest BCUT2D eigenvalue weighted by Gasteiger charge is 2.54. The molecule has 3 heterocycles. The van der Waals surface area contributed by atoms with Gasteiger partial charge in [0.05, 0.1) is 6.42 Å². The van der Waals surface area contributed by atoms with E-state index in [9.17, 15) is 19.5 Å². The summed E-state index contributed by atoms with van der Waals surface area (Å²) in [6.07, 6.45) is 0.222. The van der Waals surface area contributed by atoms with Gasteiger partial charge in [0.25, 0.3) is 5.91 Å². The highest BCUT2D eigenvalue weighted by atomic mass is 32.2. The second kappa shape index (κ2) is 8.64. The minimum absolute atomic E-state index is 0.0611. The van der Waals surface area contributed by atoms with Crippen molar-refractivity contribution in [2.24, 2.45) is 0 Å². The maximum Gasteiger partial charge on any atom is 0.352 e. The summed E-state index contributed by atoms with van der Waals surface area (Å²) < 4.78 is 0. The first-order valence-corrected chi connectivity index (χ1v) is 11.9. The zero-order valence-electron chi connectivity index (χ0n) is 15.2. The third-order valence-corrected chi connectivity index (χ3v) is 7.95. The molecule has 29 heavy (non-hydrogen) atoms. The van der Waals surface area contributed by atoms with Gasteiger partial charge in [-0.05, 0) is 29.2 Å². The molecule has 0 saturated carbocycles. The molecule has 2 N–H and O–H groups in total. The molecule has 150 valence electrons. The van der Waals surface area contributed by atoms with E-state index in [0.717, 1.165) is 15.3 Å². The van der Waals surface area contributed by atoms with E-state index in [1.54, 1.807) is 11.8 Å². The Morgan fingerprint density at radius 3 is 2.69 bits per heavy atom. The normalized spacial score (nSPS) is 20.8. The van der Waals surface area contributed by atoms with Crippen LogP contribution in [-0.4, -0.2) is 50.7 Å². The number of aliphatic carboxylic acids is 1. The van der Waals surface area contributed by atoms with Crippen molar-refractivity contribution in [1.82, 2.24) is 10.2 Å². The van der Waals surface area contributed by atoms with E-state index < -0.39 is 12.0 Å². The molecule has 6 nitrogen and oxygen atoms in total. The molecule has 0 bridgehead atoms. The summed E-state index contributed by atoms with van der Waals surface area (Å²) in [5, 5.41) is 14.0. The van der Waals surface area contributed by atoms with Crippen molar-refractivity contribution in [2.75, 3.05) is 11.5 Å². The van der Waals surface area contributed by atoms with Crippen LogP contribution < -0.4 is 5.32 Å². The Kier molecular flexibility index (Phi) is 5.98. The van der Waals surface area contributed by atoms with Crippen LogP contribution >= 0.6 is 34.9 Å². The number of nitrogens with one attached hydrogen (secondary N) is 1. The second-order valence-corrected chi connectivity index (χ2v) is 9.76. The van der Waals surface area contributed by atoms with Crippen molar-refractivity contribution < 1.29 is 19.5 Å². The van der Waals surface area contributed by atoms with E-state index in [2.05, 4.69) is 5.32 Å². The first-order valence-electron chi connectivity index (χ1n) is 8.94. The third-order valence-electron chi connectivity index (χ3n) is 4.64. The van der Waals surface area contributed by atoms with E-state index in [4.69, 9.17) is 0 Å². The number of benzene rings is 1. The van der Waals surface area contributed by atoms with Gasteiger partial charge >= 0.3 is 5.97 Å². The standard InChI is InChI=1S/C20H18N2O4S3/c23-15(9-14-7-4-8-27-14)21-16-18(24)22-17(20(25)26)12(11-29-19(16)22)10-28-13-5-2-1-3-6-13/h1-8,16,19H,9-11H2,(H,21,23)(H,25,26)/t16-,19?/m1/s1. The predicted molar refractivity (Wildman–Crippen MR) is 115 cm³/mol. The van der Waals surface area contributed by atoms with E-state index in [-0.39, 0.29) is 29.3 Å². The number of carboxylic acid groups (broad SMARTS) is 1. The maximum atomic E-state index is 12.7. The summed E-state index contributed by atoms with van der Waals surface area (Å²) in [5.41, 5.74) is 0.787. The molecule has 2 atom stereocenters. The number of fused-ring (bicyclic) bond motifs is 1. The summed E-state index contributed by atoms with van der Waals surface area (Å²) in [6, 6.07) is 12.8. The number of hydrogen-bond acceptors (Lipinski definition) is 6. The Morgan fingerprint density at radius 1 is 1.21 bits per heavy atom. The largest absolute Gasteiger partial charge is 0.477 e. The molecule has 2 aliphatic rings. The molecule has 0 radical (unpaired) electrons. The van der Waals surface area contributed by atoms with Gasteiger partial charge in [-0.2, -0.15) is 0 Å². The molecular weight excluding hydrogens is 428 g/mol. The average Bonchev–Trinajstić information content (AvgIpc) is 3.23. The van der Waals surface area contributed by atoms with Crippen LogP contribution in [0.25, 0.3) is 0 Å². The number of amides is 2. The number of hydrogen-bond donors (Lipinski definition) is 2. The third kappa shape index (κ3) is 4.22. The number of rotatable bonds is 7. The van der Waals surface area contributed by atoms with Crippen molar-refractivity contribution in [3.63, 3.8) is 0 Å². The lowest BCUT2D eigenvalue weighted by molar-refractivity contribution is -0.150. The van der Waals surface area contributed by atoms with Crippen LogP contribution in [0.5, 0.6) is 0 Å². The predicted octanol–water partition coefficient (Wildman–Crippen LogP) is 2.82. The van der Waals surface area contributed by atoms with Crippen molar-refractivity contribution in [1.29, 1.82) is 0 Å². The molecular formula is C20H18N2O4S3. The van der Waals surface area contributed by atoms with E-state index in [0.29, 0.717) is 11.5 Å². The fraction of sp³-hybridized carbons (Fsp3) is 0.250. The maximum absolute atomic E-state index is 12.7. The minimum atomic E-state index is -1.10. The number of thioether (sulfide) groups is 2. The zero-order chi connectivity index (χ0) is 20.4. The number of carbonyl (C=O) groups excluding carboxylic acids is 2. The molecule has 4 rings (SSSR count). The Balaban J connectivity index is 1.44. The van der Waals surface area contributed by atoms with Crippen LogP contribution in [0.1, 0.15) is 4.88 Å². The molecule has 0 spiro atoms. The Labute approximate surface area is 180 Å². The van der Waals surface area contributed by atoms with Gasteiger partial charge in [-0.25, -0.2) is 4.79 Å². The van der Waals surface area contributed by atoms with Crippen molar-refractivity contribution >= 4 is 52.6 Å². The first kappa shape index (κ1) is 20.1. The molecule has 9 heteroatoms. The van der Waals surface area contributed by atoms with E-state index in [1.807, 2.05) is 47.8 Å². The monoisotopic (exact) mass is 446 g/mol. The van der Waals surface area contributed by atoms with E-state index in [1.165, 1.54) is 28.0 Å². The molecule has 1 saturated heterocycles. The lowest BCUT2D eigenvalue weighted by Crippen LogP contribution is -2.70. The van der Waals surface area contributed by atoms with Crippen LogP contribution in [0, 0.1) is 0 Å². The van der Waals surface area contributed by atoms with Gasteiger partial charge in [0.15, 0.2) is 0 Å².